The van der Waals surface area contributed by atoms with Crippen LogP contribution >= 0.6 is 0 Å². The molecule has 0 unspecified atom stereocenters. The molecule has 0 atom stereocenters. The molecular formula is C12H13NO. The van der Waals surface area contributed by atoms with E-state index in [2.05, 4.69) is 4.98 Å². The number of aryl methyl sites for hydroxylation is 1. The van der Waals surface area contributed by atoms with Gasteiger partial charge in [0.25, 0.3) is 0 Å². The molecule has 1 aromatic heterocycles. The average Bonchev–Trinajstić information content (AvgIpc) is 2.71. The van der Waals surface area contributed by atoms with Crippen LogP contribution in [-0.4, -0.2) is 10.1 Å². The molecular weight excluding hydrogens is 174 g/mol. The third-order valence-electron chi connectivity index (χ3n) is 2.39. The Labute approximate surface area is 83.2 Å². The van der Waals surface area contributed by atoms with Gasteiger partial charge in [0.05, 0.1) is 0 Å². The fourth-order valence-electron chi connectivity index (χ4n) is 1.59. The SMILES string of the molecule is CCc1cccc(-c2ccc[nH]2)c1O. The Bertz CT molecular complexity index is 418. The van der Waals surface area contributed by atoms with Gasteiger partial charge in [-0.25, -0.2) is 0 Å². The lowest BCUT2D eigenvalue weighted by Crippen LogP contribution is -1.85. The fourth-order valence-corrected chi connectivity index (χ4v) is 1.59. The van der Waals surface area contributed by atoms with E-state index < -0.39 is 0 Å². The Morgan fingerprint density at radius 2 is 2.07 bits per heavy atom. The molecule has 2 rings (SSSR count). The first kappa shape index (κ1) is 8.88. The van der Waals surface area contributed by atoms with E-state index in [1.165, 1.54) is 0 Å². The van der Waals surface area contributed by atoms with E-state index in [-0.39, 0.29) is 0 Å². The summed E-state index contributed by atoms with van der Waals surface area (Å²) in [7, 11) is 0. The zero-order valence-corrected chi connectivity index (χ0v) is 8.12. The molecule has 0 radical (unpaired) electrons. The maximum atomic E-state index is 9.94. The van der Waals surface area contributed by atoms with Crippen molar-refractivity contribution < 1.29 is 5.11 Å². The van der Waals surface area contributed by atoms with Crippen molar-refractivity contribution in [1.29, 1.82) is 0 Å². The number of para-hydroxylation sites is 1. The molecule has 0 fully saturated rings. The van der Waals surface area contributed by atoms with Crippen LogP contribution in [0.2, 0.25) is 0 Å². The summed E-state index contributed by atoms with van der Waals surface area (Å²) in [6.45, 7) is 2.04. The van der Waals surface area contributed by atoms with Crippen molar-refractivity contribution in [3.63, 3.8) is 0 Å². The summed E-state index contributed by atoms with van der Waals surface area (Å²) in [4.78, 5) is 3.09. The van der Waals surface area contributed by atoms with Crippen LogP contribution in [0.1, 0.15) is 12.5 Å². The smallest absolute Gasteiger partial charge is 0.128 e. The van der Waals surface area contributed by atoms with Gasteiger partial charge in [0.2, 0.25) is 0 Å². The summed E-state index contributed by atoms with van der Waals surface area (Å²) >= 11 is 0. The minimum atomic E-state index is 0.387. The summed E-state index contributed by atoms with van der Waals surface area (Å²) in [5.74, 6) is 0.387. The Hall–Kier alpha value is -1.70. The molecule has 1 heterocycles. The highest BCUT2D eigenvalue weighted by Gasteiger charge is 2.07. The van der Waals surface area contributed by atoms with E-state index in [0.29, 0.717) is 5.75 Å². The number of aromatic amines is 1. The molecule has 0 amide bonds. The van der Waals surface area contributed by atoms with E-state index >= 15 is 0 Å². The average molecular weight is 187 g/mol. The van der Waals surface area contributed by atoms with E-state index in [0.717, 1.165) is 23.2 Å². The first-order valence-electron chi connectivity index (χ1n) is 4.77. The normalized spacial score (nSPS) is 10.4. The summed E-state index contributed by atoms with van der Waals surface area (Å²) < 4.78 is 0. The minimum absolute atomic E-state index is 0.387. The fraction of sp³-hybridized carbons (Fsp3) is 0.167. The number of hydrogen-bond acceptors (Lipinski definition) is 1. The van der Waals surface area contributed by atoms with Crippen molar-refractivity contribution in [3.05, 3.63) is 42.1 Å². The quantitative estimate of drug-likeness (QED) is 0.745. The van der Waals surface area contributed by atoms with Gasteiger partial charge in [-0.15, -0.1) is 0 Å². The maximum absolute atomic E-state index is 9.94. The third kappa shape index (κ3) is 1.39. The summed E-state index contributed by atoms with van der Waals surface area (Å²) in [6, 6.07) is 9.71. The van der Waals surface area contributed by atoms with Gasteiger partial charge in [0, 0.05) is 17.5 Å². The van der Waals surface area contributed by atoms with Crippen molar-refractivity contribution in [2.24, 2.45) is 0 Å². The molecule has 0 aliphatic carbocycles. The zero-order chi connectivity index (χ0) is 9.97. The van der Waals surface area contributed by atoms with Crippen molar-refractivity contribution >= 4 is 0 Å². The molecule has 0 aliphatic rings. The van der Waals surface area contributed by atoms with Crippen LogP contribution in [-0.2, 0) is 6.42 Å². The molecule has 2 heteroatoms. The van der Waals surface area contributed by atoms with Crippen molar-refractivity contribution in [2.45, 2.75) is 13.3 Å². The van der Waals surface area contributed by atoms with E-state index in [9.17, 15) is 5.11 Å². The number of rotatable bonds is 2. The van der Waals surface area contributed by atoms with Gasteiger partial charge in [0.15, 0.2) is 0 Å². The molecule has 0 aliphatic heterocycles. The number of phenols is 1. The minimum Gasteiger partial charge on any atom is -0.507 e. The summed E-state index contributed by atoms with van der Waals surface area (Å²) in [5, 5.41) is 9.94. The second-order valence-electron chi connectivity index (χ2n) is 3.25. The Morgan fingerprint density at radius 3 is 2.71 bits per heavy atom. The molecule has 0 saturated heterocycles. The number of hydrogen-bond donors (Lipinski definition) is 2. The Balaban J connectivity index is 2.54. The number of H-pyrrole nitrogens is 1. The number of aromatic hydroxyl groups is 1. The van der Waals surface area contributed by atoms with Gasteiger partial charge in [-0.1, -0.05) is 19.1 Å². The first-order valence-corrected chi connectivity index (χ1v) is 4.77. The first-order chi connectivity index (χ1) is 6.83. The Kier molecular flexibility index (Phi) is 2.27. The molecule has 14 heavy (non-hydrogen) atoms. The molecule has 0 bridgehead atoms. The molecule has 2 nitrogen and oxygen atoms in total. The number of aromatic nitrogens is 1. The second kappa shape index (κ2) is 3.58. The predicted molar refractivity (Wildman–Crippen MR) is 57.3 cm³/mol. The van der Waals surface area contributed by atoms with Gasteiger partial charge in [-0.05, 0) is 30.2 Å². The summed E-state index contributed by atoms with van der Waals surface area (Å²) in [5.41, 5.74) is 2.81. The lowest BCUT2D eigenvalue weighted by molar-refractivity contribution is 0.471. The molecule has 1 aromatic carbocycles. The molecule has 72 valence electrons. The highest BCUT2D eigenvalue weighted by molar-refractivity contribution is 5.68. The highest BCUT2D eigenvalue weighted by atomic mass is 16.3. The molecule has 2 N–H and O–H groups in total. The lowest BCUT2D eigenvalue weighted by atomic mass is 10.0. The third-order valence-corrected chi connectivity index (χ3v) is 2.39. The topological polar surface area (TPSA) is 36.0 Å². The van der Waals surface area contributed by atoms with Gasteiger partial charge in [-0.2, -0.15) is 0 Å². The van der Waals surface area contributed by atoms with Crippen molar-refractivity contribution in [2.75, 3.05) is 0 Å². The maximum Gasteiger partial charge on any atom is 0.128 e. The number of phenolic OH excluding ortho intramolecular Hbond substituents is 1. The van der Waals surface area contributed by atoms with Crippen molar-refractivity contribution in [1.82, 2.24) is 4.98 Å². The largest absolute Gasteiger partial charge is 0.507 e. The molecule has 0 saturated carbocycles. The lowest BCUT2D eigenvalue weighted by Gasteiger charge is -2.06. The number of benzene rings is 1. The Morgan fingerprint density at radius 1 is 1.21 bits per heavy atom. The van der Waals surface area contributed by atoms with Crippen LogP contribution in [0.4, 0.5) is 0 Å². The van der Waals surface area contributed by atoms with Crippen LogP contribution in [0.5, 0.6) is 5.75 Å². The van der Waals surface area contributed by atoms with Crippen LogP contribution < -0.4 is 0 Å². The standard InChI is InChI=1S/C12H13NO/c1-2-9-5-3-6-10(12(9)14)11-7-4-8-13-11/h3-8,13-14H,2H2,1H3. The van der Waals surface area contributed by atoms with E-state index in [1.807, 2.05) is 43.5 Å². The van der Waals surface area contributed by atoms with Crippen LogP contribution in [0.15, 0.2) is 36.5 Å². The number of nitrogens with one attached hydrogen (secondary N) is 1. The van der Waals surface area contributed by atoms with Crippen LogP contribution in [0.3, 0.4) is 0 Å². The van der Waals surface area contributed by atoms with E-state index in [4.69, 9.17) is 0 Å². The van der Waals surface area contributed by atoms with Gasteiger partial charge in [0.1, 0.15) is 5.75 Å². The zero-order valence-electron chi connectivity index (χ0n) is 8.12. The van der Waals surface area contributed by atoms with E-state index in [1.54, 1.807) is 0 Å². The van der Waals surface area contributed by atoms with Crippen molar-refractivity contribution in [3.8, 4) is 17.0 Å². The molecule has 2 aromatic rings. The van der Waals surface area contributed by atoms with Crippen LogP contribution in [0, 0.1) is 0 Å². The monoisotopic (exact) mass is 187 g/mol. The summed E-state index contributed by atoms with van der Waals surface area (Å²) in [6.07, 6.45) is 2.70. The second-order valence-corrected chi connectivity index (χ2v) is 3.25. The van der Waals surface area contributed by atoms with Crippen LogP contribution in [0.25, 0.3) is 11.3 Å². The van der Waals surface area contributed by atoms with Gasteiger partial charge >= 0.3 is 0 Å². The van der Waals surface area contributed by atoms with Gasteiger partial charge in [-0.3, -0.25) is 0 Å². The van der Waals surface area contributed by atoms with Gasteiger partial charge < -0.3 is 10.1 Å². The molecule has 0 spiro atoms. The predicted octanol–water partition coefficient (Wildman–Crippen LogP) is 2.95. The highest BCUT2D eigenvalue weighted by Crippen LogP contribution is 2.30.